The first-order valence-electron chi connectivity index (χ1n) is 7.52. The second-order valence-corrected chi connectivity index (χ2v) is 5.91. The van der Waals surface area contributed by atoms with Crippen LogP contribution in [0.15, 0.2) is 24.3 Å². The molecule has 2 N–H and O–H groups in total. The summed E-state index contributed by atoms with van der Waals surface area (Å²) >= 11 is 0. The van der Waals surface area contributed by atoms with Gasteiger partial charge in [0.15, 0.2) is 0 Å². The highest BCUT2D eigenvalue weighted by molar-refractivity contribution is 5.46. The zero-order chi connectivity index (χ0) is 13.8. The monoisotopic (exact) mass is 270 g/mol. The highest BCUT2D eigenvalue weighted by atomic mass is 15.2. The molecule has 106 valence electrons. The molecule has 2 atom stereocenters. The summed E-state index contributed by atoms with van der Waals surface area (Å²) in [6.07, 6.45) is 1.17. The van der Waals surface area contributed by atoms with Gasteiger partial charge in [-0.3, -0.25) is 0 Å². The van der Waals surface area contributed by atoms with E-state index in [2.05, 4.69) is 21.6 Å². The number of hydrogen-bond acceptors (Lipinski definition) is 4. The second-order valence-electron chi connectivity index (χ2n) is 5.91. The number of nitriles is 1. The smallest absolute Gasteiger partial charge is 0.0991 e. The summed E-state index contributed by atoms with van der Waals surface area (Å²) in [6, 6.07) is 9.81. The van der Waals surface area contributed by atoms with Gasteiger partial charge in [0, 0.05) is 25.3 Å². The van der Waals surface area contributed by atoms with Crippen molar-refractivity contribution < 1.29 is 0 Å². The molecule has 2 fully saturated rings. The van der Waals surface area contributed by atoms with Gasteiger partial charge in [-0.25, -0.2) is 0 Å². The molecule has 0 amide bonds. The number of benzene rings is 1. The van der Waals surface area contributed by atoms with E-state index in [0.717, 1.165) is 24.1 Å². The van der Waals surface area contributed by atoms with Crippen molar-refractivity contribution in [2.24, 2.45) is 11.8 Å². The summed E-state index contributed by atoms with van der Waals surface area (Å²) in [7, 11) is 0. The first-order valence-corrected chi connectivity index (χ1v) is 7.52. The van der Waals surface area contributed by atoms with Crippen LogP contribution in [-0.2, 0) is 0 Å². The topological polar surface area (TPSA) is 51.1 Å². The van der Waals surface area contributed by atoms with E-state index < -0.39 is 0 Å². The zero-order valence-electron chi connectivity index (χ0n) is 11.8. The Morgan fingerprint density at radius 1 is 1.20 bits per heavy atom. The number of fused-ring (bicyclic) bond motifs is 1. The van der Waals surface area contributed by atoms with Crippen LogP contribution in [0, 0.1) is 23.2 Å². The predicted molar refractivity (Wildman–Crippen MR) is 80.6 cm³/mol. The van der Waals surface area contributed by atoms with Gasteiger partial charge in [-0.1, -0.05) is 0 Å². The van der Waals surface area contributed by atoms with Crippen LogP contribution < -0.4 is 10.6 Å². The number of anilines is 1. The summed E-state index contributed by atoms with van der Waals surface area (Å²) in [4.78, 5) is 2.61. The normalized spacial score (nSPS) is 25.4. The van der Waals surface area contributed by atoms with Crippen LogP contribution in [0.3, 0.4) is 0 Å². The first-order chi connectivity index (χ1) is 9.85. The van der Waals surface area contributed by atoms with E-state index in [4.69, 9.17) is 5.26 Å². The van der Waals surface area contributed by atoms with E-state index in [1.807, 2.05) is 24.3 Å². The van der Waals surface area contributed by atoms with Crippen molar-refractivity contribution in [3.05, 3.63) is 29.8 Å². The third-order valence-electron chi connectivity index (χ3n) is 4.46. The molecule has 3 rings (SSSR count). The van der Waals surface area contributed by atoms with E-state index in [1.165, 1.54) is 39.1 Å². The van der Waals surface area contributed by atoms with Crippen LogP contribution in [0.5, 0.6) is 0 Å². The summed E-state index contributed by atoms with van der Waals surface area (Å²) < 4.78 is 0. The molecule has 2 unspecified atom stereocenters. The molecule has 4 heteroatoms. The van der Waals surface area contributed by atoms with Crippen molar-refractivity contribution >= 4 is 5.69 Å². The van der Waals surface area contributed by atoms with Crippen LogP contribution in [0.2, 0.25) is 0 Å². The van der Waals surface area contributed by atoms with Crippen molar-refractivity contribution in [1.29, 1.82) is 5.26 Å². The maximum atomic E-state index is 8.75. The molecular weight excluding hydrogens is 248 g/mol. The molecule has 0 saturated carbocycles. The molecule has 1 aromatic rings. The van der Waals surface area contributed by atoms with Crippen LogP contribution in [-0.4, -0.2) is 44.2 Å². The maximum Gasteiger partial charge on any atom is 0.0991 e. The minimum atomic E-state index is 0.716. The molecule has 1 aromatic carbocycles. The third-order valence-corrected chi connectivity index (χ3v) is 4.46. The highest BCUT2D eigenvalue weighted by Crippen LogP contribution is 2.26. The molecule has 4 nitrogen and oxygen atoms in total. The number of likely N-dealkylation sites (tertiary alicyclic amines) is 1. The Morgan fingerprint density at radius 3 is 2.55 bits per heavy atom. The van der Waals surface area contributed by atoms with Gasteiger partial charge < -0.3 is 15.5 Å². The minimum Gasteiger partial charge on any atom is -0.385 e. The number of nitrogens with zero attached hydrogens (tertiary/aromatic N) is 2. The lowest BCUT2D eigenvalue weighted by molar-refractivity contribution is 0.312. The van der Waals surface area contributed by atoms with Gasteiger partial charge >= 0.3 is 0 Å². The van der Waals surface area contributed by atoms with Gasteiger partial charge in [0.2, 0.25) is 0 Å². The molecule has 20 heavy (non-hydrogen) atoms. The summed E-state index contributed by atoms with van der Waals surface area (Å²) in [5.41, 5.74) is 1.82. The van der Waals surface area contributed by atoms with Gasteiger partial charge in [-0.2, -0.15) is 5.26 Å². The SMILES string of the molecule is N#Cc1ccc(NCCCN2CC3CNCC3C2)cc1. The Labute approximate surface area is 120 Å². The van der Waals surface area contributed by atoms with Crippen LogP contribution in [0.1, 0.15) is 12.0 Å². The van der Waals surface area contributed by atoms with Gasteiger partial charge in [0.05, 0.1) is 11.6 Å². The molecule has 2 heterocycles. The molecule has 0 aromatic heterocycles. The van der Waals surface area contributed by atoms with Gasteiger partial charge in [0.1, 0.15) is 0 Å². The molecule has 2 aliphatic heterocycles. The number of rotatable bonds is 5. The van der Waals surface area contributed by atoms with Crippen LogP contribution in [0.25, 0.3) is 0 Å². The Hall–Kier alpha value is -1.57. The van der Waals surface area contributed by atoms with Crippen molar-refractivity contribution in [3.8, 4) is 6.07 Å². The summed E-state index contributed by atoms with van der Waals surface area (Å²) in [5, 5.41) is 15.7. The van der Waals surface area contributed by atoms with Crippen LogP contribution >= 0.6 is 0 Å². The Bertz CT molecular complexity index is 464. The second kappa shape index (κ2) is 6.25. The largest absolute Gasteiger partial charge is 0.385 e. The van der Waals surface area contributed by atoms with E-state index in [9.17, 15) is 0 Å². The van der Waals surface area contributed by atoms with Crippen LogP contribution in [0.4, 0.5) is 5.69 Å². The highest BCUT2D eigenvalue weighted by Gasteiger charge is 2.35. The van der Waals surface area contributed by atoms with E-state index in [0.29, 0.717) is 5.56 Å². The summed E-state index contributed by atoms with van der Waals surface area (Å²) in [6.45, 7) is 7.16. The third kappa shape index (κ3) is 3.12. The van der Waals surface area contributed by atoms with Gasteiger partial charge in [0.25, 0.3) is 0 Å². The van der Waals surface area contributed by atoms with Crippen molar-refractivity contribution in [1.82, 2.24) is 10.2 Å². The van der Waals surface area contributed by atoms with Crippen molar-refractivity contribution in [2.45, 2.75) is 6.42 Å². The molecule has 0 aliphatic carbocycles. The standard InChI is InChI=1S/C16H22N4/c17-8-13-2-4-16(5-3-13)19-6-1-7-20-11-14-9-18-10-15(14)12-20/h2-5,14-15,18-19H,1,6-7,9-12H2. The Balaban J connectivity index is 1.35. The molecule has 0 bridgehead atoms. The fourth-order valence-corrected chi connectivity index (χ4v) is 3.33. The molecular formula is C16H22N4. The first kappa shape index (κ1) is 13.4. The lowest BCUT2D eigenvalue weighted by Crippen LogP contribution is -2.27. The fraction of sp³-hybridized carbons (Fsp3) is 0.562. The van der Waals surface area contributed by atoms with Gasteiger partial charge in [-0.15, -0.1) is 0 Å². The predicted octanol–water partition coefficient (Wildman–Crippen LogP) is 1.51. The maximum absolute atomic E-state index is 8.75. The quantitative estimate of drug-likeness (QED) is 0.796. The lowest BCUT2D eigenvalue weighted by atomic mass is 10.0. The lowest BCUT2D eigenvalue weighted by Gasteiger charge is -2.17. The summed E-state index contributed by atoms with van der Waals surface area (Å²) in [5.74, 6) is 1.78. The zero-order valence-corrected chi connectivity index (χ0v) is 11.8. The minimum absolute atomic E-state index is 0.716. The molecule has 2 aliphatic rings. The fourth-order valence-electron chi connectivity index (χ4n) is 3.33. The van der Waals surface area contributed by atoms with Gasteiger partial charge in [-0.05, 0) is 62.2 Å². The Morgan fingerprint density at radius 2 is 1.90 bits per heavy atom. The van der Waals surface area contributed by atoms with E-state index in [-0.39, 0.29) is 0 Å². The molecule has 0 radical (unpaired) electrons. The molecule has 0 spiro atoms. The van der Waals surface area contributed by atoms with Crippen molar-refractivity contribution in [2.75, 3.05) is 44.6 Å². The number of hydrogen-bond donors (Lipinski definition) is 2. The molecule has 2 saturated heterocycles. The number of nitrogens with one attached hydrogen (secondary N) is 2. The van der Waals surface area contributed by atoms with Crippen molar-refractivity contribution in [3.63, 3.8) is 0 Å². The van der Waals surface area contributed by atoms with E-state index >= 15 is 0 Å². The average molecular weight is 270 g/mol. The average Bonchev–Trinajstić information content (AvgIpc) is 3.05. The Kier molecular flexibility index (Phi) is 4.19. The van der Waals surface area contributed by atoms with E-state index in [1.54, 1.807) is 0 Å².